The number of Topliss-reactive ketones (excluding diaryl/α,β-unsaturated/α-hetero) is 1. The van der Waals surface area contributed by atoms with Crippen molar-refractivity contribution in [3.63, 3.8) is 0 Å². The van der Waals surface area contributed by atoms with Crippen LogP contribution in [-0.4, -0.2) is 42.1 Å². The fourth-order valence-corrected chi connectivity index (χ4v) is 4.27. The number of rotatable bonds is 3. The van der Waals surface area contributed by atoms with Crippen LogP contribution in [-0.2, 0) is 9.84 Å². The van der Waals surface area contributed by atoms with Crippen molar-refractivity contribution in [1.29, 1.82) is 0 Å². The van der Waals surface area contributed by atoms with Crippen LogP contribution in [0.15, 0.2) is 12.3 Å². The number of nitrogens with one attached hydrogen (secondary N) is 2. The molecule has 0 saturated carbocycles. The van der Waals surface area contributed by atoms with E-state index >= 15 is 0 Å². The molecule has 0 aromatic carbocycles. The number of H-pyrrole nitrogens is 1. The van der Waals surface area contributed by atoms with Crippen molar-refractivity contribution >= 4 is 21.5 Å². The highest BCUT2D eigenvalue weighted by molar-refractivity contribution is 7.91. The third kappa shape index (κ3) is 3.04. The lowest BCUT2D eigenvalue weighted by Gasteiger charge is -2.23. The summed E-state index contributed by atoms with van der Waals surface area (Å²) >= 11 is 0. The molecular weight excluding hydrogens is 268 g/mol. The molecule has 1 atom stereocenters. The normalized spacial score (nSPS) is 25.2. The zero-order valence-corrected chi connectivity index (χ0v) is 11.6. The Kier molecular flexibility index (Phi) is 3.25. The van der Waals surface area contributed by atoms with Crippen LogP contribution in [0.4, 0.5) is 0 Å². The first kappa shape index (κ1) is 13.8. The number of amides is 1. The van der Waals surface area contributed by atoms with Crippen LogP contribution in [0.25, 0.3) is 0 Å². The molecule has 104 valence electrons. The minimum atomic E-state index is -3.07. The summed E-state index contributed by atoms with van der Waals surface area (Å²) in [6.45, 7) is 3.12. The third-order valence-electron chi connectivity index (χ3n) is 3.25. The van der Waals surface area contributed by atoms with E-state index in [1.807, 2.05) is 0 Å². The van der Waals surface area contributed by atoms with Crippen LogP contribution in [0.1, 0.15) is 41.1 Å². The number of sulfone groups is 1. The summed E-state index contributed by atoms with van der Waals surface area (Å²) in [5.41, 5.74) is -0.0534. The molecule has 1 amide bonds. The van der Waals surface area contributed by atoms with Crippen molar-refractivity contribution in [3.8, 4) is 0 Å². The van der Waals surface area contributed by atoms with E-state index in [2.05, 4.69) is 10.3 Å². The maximum atomic E-state index is 12.0. The molecule has 1 unspecified atom stereocenters. The molecule has 0 bridgehead atoms. The highest BCUT2D eigenvalue weighted by Gasteiger charge is 2.39. The zero-order chi connectivity index (χ0) is 14.3. The number of hydrogen-bond acceptors (Lipinski definition) is 4. The van der Waals surface area contributed by atoms with E-state index in [9.17, 15) is 18.0 Å². The Hall–Kier alpha value is -1.63. The SMILES string of the molecule is CC(=O)c1c[nH]c(C(=O)NC2(C)CCS(=O)(=O)C2)c1. The maximum Gasteiger partial charge on any atom is 0.268 e. The van der Waals surface area contributed by atoms with E-state index in [0.717, 1.165) is 0 Å². The third-order valence-corrected chi connectivity index (χ3v) is 5.16. The molecule has 1 aliphatic rings. The van der Waals surface area contributed by atoms with Gasteiger partial charge in [0.15, 0.2) is 15.6 Å². The molecule has 2 N–H and O–H groups in total. The molecule has 6 nitrogen and oxygen atoms in total. The number of carbonyl (C=O) groups is 2. The molecule has 1 aromatic rings. The summed E-state index contributed by atoms with van der Waals surface area (Å²) in [7, 11) is -3.07. The average molecular weight is 284 g/mol. The second kappa shape index (κ2) is 4.48. The van der Waals surface area contributed by atoms with Crippen molar-refractivity contribution in [2.75, 3.05) is 11.5 Å². The largest absolute Gasteiger partial charge is 0.356 e. The van der Waals surface area contributed by atoms with Crippen LogP contribution >= 0.6 is 0 Å². The van der Waals surface area contributed by atoms with Gasteiger partial charge in [0.25, 0.3) is 5.91 Å². The van der Waals surface area contributed by atoms with E-state index in [-0.39, 0.29) is 23.0 Å². The number of ketones is 1. The van der Waals surface area contributed by atoms with Gasteiger partial charge in [-0.1, -0.05) is 0 Å². The Morgan fingerprint density at radius 3 is 2.58 bits per heavy atom. The van der Waals surface area contributed by atoms with Crippen LogP contribution < -0.4 is 5.32 Å². The molecule has 1 saturated heterocycles. The van der Waals surface area contributed by atoms with Gasteiger partial charge in [0.2, 0.25) is 0 Å². The standard InChI is InChI=1S/C12H16N2O4S/c1-8(15)9-5-10(13-6-9)11(16)14-12(2)3-4-19(17,18)7-12/h5-6,13H,3-4,7H2,1-2H3,(H,14,16). The summed E-state index contributed by atoms with van der Waals surface area (Å²) in [4.78, 5) is 25.9. The molecule has 0 spiro atoms. The summed E-state index contributed by atoms with van der Waals surface area (Å²) in [5.74, 6) is -0.490. The number of aromatic amines is 1. The fraction of sp³-hybridized carbons (Fsp3) is 0.500. The van der Waals surface area contributed by atoms with Crippen molar-refractivity contribution in [1.82, 2.24) is 10.3 Å². The van der Waals surface area contributed by atoms with E-state index in [0.29, 0.717) is 12.0 Å². The first-order valence-electron chi connectivity index (χ1n) is 5.93. The van der Waals surface area contributed by atoms with E-state index in [1.165, 1.54) is 19.2 Å². The van der Waals surface area contributed by atoms with Crippen molar-refractivity contribution in [2.24, 2.45) is 0 Å². The highest BCUT2D eigenvalue weighted by atomic mass is 32.2. The van der Waals surface area contributed by atoms with Gasteiger partial charge in [0.1, 0.15) is 5.69 Å². The maximum absolute atomic E-state index is 12.0. The number of carbonyl (C=O) groups excluding carboxylic acids is 2. The molecule has 19 heavy (non-hydrogen) atoms. The molecule has 0 aliphatic carbocycles. The predicted molar refractivity (Wildman–Crippen MR) is 69.9 cm³/mol. The van der Waals surface area contributed by atoms with Gasteiger partial charge in [0.05, 0.1) is 17.0 Å². The minimum Gasteiger partial charge on any atom is -0.356 e. The molecule has 2 heterocycles. The number of hydrogen-bond donors (Lipinski definition) is 2. The van der Waals surface area contributed by atoms with Gasteiger partial charge < -0.3 is 10.3 Å². The highest BCUT2D eigenvalue weighted by Crippen LogP contribution is 2.23. The lowest BCUT2D eigenvalue weighted by atomic mass is 10.0. The average Bonchev–Trinajstić information content (AvgIpc) is 2.83. The molecule has 1 fully saturated rings. The summed E-state index contributed by atoms with van der Waals surface area (Å²) < 4.78 is 22.9. The van der Waals surface area contributed by atoms with Crippen LogP contribution in [0.2, 0.25) is 0 Å². The van der Waals surface area contributed by atoms with E-state index in [4.69, 9.17) is 0 Å². The Morgan fingerprint density at radius 1 is 1.42 bits per heavy atom. The second-order valence-electron chi connectivity index (χ2n) is 5.22. The van der Waals surface area contributed by atoms with Crippen LogP contribution in [0, 0.1) is 0 Å². The van der Waals surface area contributed by atoms with Gasteiger partial charge in [-0.3, -0.25) is 9.59 Å². The monoisotopic (exact) mass is 284 g/mol. The summed E-state index contributed by atoms with van der Waals surface area (Å²) in [6, 6.07) is 1.46. The van der Waals surface area contributed by atoms with Crippen LogP contribution in [0.3, 0.4) is 0 Å². The predicted octanol–water partition coefficient (Wildman–Crippen LogP) is 0.524. The molecule has 2 rings (SSSR count). The van der Waals surface area contributed by atoms with Crippen molar-refractivity contribution < 1.29 is 18.0 Å². The first-order valence-corrected chi connectivity index (χ1v) is 7.75. The Labute approximate surface area is 111 Å². The fourth-order valence-electron chi connectivity index (χ4n) is 2.18. The second-order valence-corrected chi connectivity index (χ2v) is 7.40. The van der Waals surface area contributed by atoms with Crippen molar-refractivity contribution in [3.05, 3.63) is 23.5 Å². The lowest BCUT2D eigenvalue weighted by Crippen LogP contribution is -2.47. The zero-order valence-electron chi connectivity index (χ0n) is 10.8. The Balaban J connectivity index is 2.11. The number of aromatic nitrogens is 1. The van der Waals surface area contributed by atoms with E-state index < -0.39 is 21.3 Å². The smallest absolute Gasteiger partial charge is 0.268 e. The van der Waals surface area contributed by atoms with E-state index in [1.54, 1.807) is 6.92 Å². The first-order chi connectivity index (χ1) is 8.71. The quantitative estimate of drug-likeness (QED) is 0.791. The van der Waals surface area contributed by atoms with Gasteiger partial charge in [-0.05, 0) is 26.3 Å². The van der Waals surface area contributed by atoms with Crippen molar-refractivity contribution in [2.45, 2.75) is 25.8 Å². The lowest BCUT2D eigenvalue weighted by molar-refractivity contribution is 0.0910. The van der Waals surface area contributed by atoms with Gasteiger partial charge >= 0.3 is 0 Å². The molecule has 1 aliphatic heterocycles. The molecule has 0 radical (unpaired) electrons. The van der Waals surface area contributed by atoms with Gasteiger partial charge in [-0.15, -0.1) is 0 Å². The Bertz CT molecular complexity index is 632. The molecular formula is C12H16N2O4S. The minimum absolute atomic E-state index is 0.0496. The summed E-state index contributed by atoms with van der Waals surface area (Å²) in [6.07, 6.45) is 1.87. The molecule has 7 heteroatoms. The Morgan fingerprint density at radius 2 is 2.11 bits per heavy atom. The topological polar surface area (TPSA) is 96.1 Å². The molecule has 1 aromatic heterocycles. The van der Waals surface area contributed by atoms with Crippen LogP contribution in [0.5, 0.6) is 0 Å². The van der Waals surface area contributed by atoms with Gasteiger partial charge in [0, 0.05) is 11.8 Å². The summed E-state index contributed by atoms with van der Waals surface area (Å²) in [5, 5.41) is 2.72. The van der Waals surface area contributed by atoms with Gasteiger partial charge in [-0.2, -0.15) is 0 Å². The van der Waals surface area contributed by atoms with Gasteiger partial charge in [-0.25, -0.2) is 8.42 Å².